The molecule has 1 atom stereocenters. The number of amides is 1. The van der Waals surface area contributed by atoms with Crippen LogP contribution in [-0.2, 0) is 6.42 Å². The fourth-order valence-electron chi connectivity index (χ4n) is 3.90. The lowest BCUT2D eigenvalue weighted by atomic mass is 9.87. The zero-order valence-electron chi connectivity index (χ0n) is 15.5. The van der Waals surface area contributed by atoms with E-state index in [2.05, 4.69) is 17.1 Å². The Kier molecular flexibility index (Phi) is 4.65. The van der Waals surface area contributed by atoms with Crippen molar-refractivity contribution in [2.45, 2.75) is 25.3 Å². The molecular formula is C21H20N4O3. The second kappa shape index (κ2) is 7.26. The molecule has 2 aromatic carbocycles. The van der Waals surface area contributed by atoms with Crippen LogP contribution in [0.5, 0.6) is 0 Å². The lowest BCUT2D eigenvalue weighted by Crippen LogP contribution is -2.33. The molecule has 28 heavy (non-hydrogen) atoms. The summed E-state index contributed by atoms with van der Waals surface area (Å²) in [6.07, 6.45) is 7.59. The van der Waals surface area contributed by atoms with Crippen molar-refractivity contribution in [3.8, 4) is 5.69 Å². The Labute approximate surface area is 162 Å². The zero-order chi connectivity index (χ0) is 19.7. The number of fused-ring (bicyclic) bond motifs is 1. The van der Waals surface area contributed by atoms with E-state index < -0.39 is 4.92 Å². The molecule has 1 aliphatic rings. The molecule has 0 fully saturated rings. The van der Waals surface area contributed by atoms with Crippen LogP contribution in [0.3, 0.4) is 0 Å². The van der Waals surface area contributed by atoms with Gasteiger partial charge in [0.25, 0.3) is 11.6 Å². The number of carbonyl (C=O) groups excluding carboxylic acids is 1. The second-order valence-electron chi connectivity index (χ2n) is 6.95. The van der Waals surface area contributed by atoms with E-state index in [1.54, 1.807) is 41.0 Å². The minimum atomic E-state index is -0.470. The van der Waals surface area contributed by atoms with E-state index in [1.165, 1.54) is 18.0 Å². The maximum absolute atomic E-state index is 13.1. The number of nitro benzene ring substituents is 1. The van der Waals surface area contributed by atoms with Crippen LogP contribution in [0.4, 0.5) is 5.69 Å². The van der Waals surface area contributed by atoms with Gasteiger partial charge < -0.3 is 9.47 Å². The molecule has 0 aliphatic heterocycles. The number of aromatic nitrogens is 2. The first-order chi connectivity index (χ1) is 13.6. The lowest BCUT2D eigenvalue weighted by Gasteiger charge is -2.33. The molecule has 0 N–H and O–H groups in total. The van der Waals surface area contributed by atoms with Crippen LogP contribution >= 0.6 is 0 Å². The number of hydrogen-bond acceptors (Lipinski definition) is 4. The number of rotatable bonds is 4. The molecule has 7 nitrogen and oxygen atoms in total. The van der Waals surface area contributed by atoms with Crippen molar-refractivity contribution >= 4 is 11.6 Å². The van der Waals surface area contributed by atoms with Crippen LogP contribution in [0.1, 0.15) is 40.4 Å². The SMILES string of the molecule is CN(C(=O)c1ccc(-n2ccnc2)c([N+](=O)[O-])c1)[C@H]1CCCc2ccccc21. The first-order valence-electron chi connectivity index (χ1n) is 9.18. The summed E-state index contributed by atoms with van der Waals surface area (Å²) in [5.74, 6) is -0.220. The minimum absolute atomic E-state index is 0.0233. The van der Waals surface area contributed by atoms with Crippen LogP contribution in [-0.4, -0.2) is 32.3 Å². The van der Waals surface area contributed by atoms with E-state index in [-0.39, 0.29) is 17.6 Å². The molecule has 7 heteroatoms. The van der Waals surface area contributed by atoms with E-state index in [4.69, 9.17) is 0 Å². The molecule has 142 valence electrons. The van der Waals surface area contributed by atoms with Crippen molar-refractivity contribution in [1.29, 1.82) is 0 Å². The zero-order valence-corrected chi connectivity index (χ0v) is 15.5. The van der Waals surface area contributed by atoms with Crippen molar-refractivity contribution < 1.29 is 9.72 Å². The molecule has 0 spiro atoms. The van der Waals surface area contributed by atoms with Gasteiger partial charge in [-0.25, -0.2) is 4.98 Å². The van der Waals surface area contributed by atoms with Crippen LogP contribution < -0.4 is 0 Å². The summed E-state index contributed by atoms with van der Waals surface area (Å²) in [5, 5.41) is 11.6. The summed E-state index contributed by atoms with van der Waals surface area (Å²) >= 11 is 0. The van der Waals surface area contributed by atoms with E-state index in [9.17, 15) is 14.9 Å². The molecular weight excluding hydrogens is 356 g/mol. The summed E-state index contributed by atoms with van der Waals surface area (Å²) in [6.45, 7) is 0. The Bertz CT molecular complexity index is 1030. The predicted octanol–water partition coefficient (Wildman–Crippen LogP) is 3.93. The fraction of sp³-hybridized carbons (Fsp3) is 0.238. The molecule has 0 saturated carbocycles. The predicted molar refractivity (Wildman–Crippen MR) is 104 cm³/mol. The van der Waals surface area contributed by atoms with Crippen molar-refractivity contribution in [2.75, 3.05) is 7.05 Å². The number of nitrogens with zero attached hydrogens (tertiary/aromatic N) is 4. The molecule has 1 aliphatic carbocycles. The van der Waals surface area contributed by atoms with Gasteiger partial charge in [0.15, 0.2) is 0 Å². The number of nitro groups is 1. The quantitative estimate of drug-likeness (QED) is 0.510. The molecule has 0 radical (unpaired) electrons. The third kappa shape index (κ3) is 3.15. The highest BCUT2D eigenvalue weighted by atomic mass is 16.6. The van der Waals surface area contributed by atoms with Gasteiger partial charge in [0.2, 0.25) is 0 Å². The van der Waals surface area contributed by atoms with Crippen LogP contribution in [0.15, 0.2) is 61.2 Å². The van der Waals surface area contributed by atoms with Gasteiger partial charge in [0, 0.05) is 31.1 Å². The standard InChI is InChI=1S/C21H20N4O3/c1-23(18-8-4-6-15-5-2-3-7-17(15)18)21(26)16-9-10-19(20(13-16)25(27)28)24-12-11-22-14-24/h2-3,5,7,9-14,18H,4,6,8H2,1H3/t18-/m0/s1. The van der Waals surface area contributed by atoms with Crippen LogP contribution in [0.25, 0.3) is 5.69 Å². The van der Waals surface area contributed by atoms with Gasteiger partial charge in [-0.1, -0.05) is 24.3 Å². The average molecular weight is 376 g/mol. The Balaban J connectivity index is 1.67. The maximum Gasteiger partial charge on any atom is 0.294 e. The number of imidazole rings is 1. The monoisotopic (exact) mass is 376 g/mol. The van der Waals surface area contributed by atoms with Gasteiger partial charge in [0.05, 0.1) is 17.3 Å². The van der Waals surface area contributed by atoms with Gasteiger partial charge in [-0.3, -0.25) is 14.9 Å². The van der Waals surface area contributed by atoms with E-state index in [1.807, 2.05) is 12.1 Å². The summed E-state index contributed by atoms with van der Waals surface area (Å²) in [5.41, 5.74) is 2.99. The highest BCUT2D eigenvalue weighted by molar-refractivity contribution is 5.95. The largest absolute Gasteiger partial charge is 0.335 e. The van der Waals surface area contributed by atoms with E-state index in [0.717, 1.165) is 24.8 Å². The highest BCUT2D eigenvalue weighted by Gasteiger charge is 2.28. The maximum atomic E-state index is 13.1. The number of carbonyl (C=O) groups is 1. The molecule has 0 saturated heterocycles. The Morgan fingerprint density at radius 2 is 2.11 bits per heavy atom. The summed E-state index contributed by atoms with van der Waals surface area (Å²) in [4.78, 5) is 29.8. The first kappa shape index (κ1) is 17.9. The van der Waals surface area contributed by atoms with Gasteiger partial charge in [0.1, 0.15) is 5.69 Å². The van der Waals surface area contributed by atoms with Gasteiger partial charge in [-0.05, 0) is 42.5 Å². The lowest BCUT2D eigenvalue weighted by molar-refractivity contribution is -0.384. The Morgan fingerprint density at radius 1 is 1.29 bits per heavy atom. The third-order valence-corrected chi connectivity index (χ3v) is 5.33. The van der Waals surface area contributed by atoms with Crippen LogP contribution in [0, 0.1) is 10.1 Å². The van der Waals surface area contributed by atoms with Crippen molar-refractivity contribution in [3.63, 3.8) is 0 Å². The summed E-state index contributed by atoms with van der Waals surface area (Å²) in [6, 6.07) is 12.7. The second-order valence-corrected chi connectivity index (χ2v) is 6.95. The topological polar surface area (TPSA) is 81.3 Å². The Hall–Kier alpha value is -3.48. The van der Waals surface area contributed by atoms with Crippen LogP contribution in [0.2, 0.25) is 0 Å². The van der Waals surface area contributed by atoms with Crippen molar-refractivity contribution in [3.05, 3.63) is 88.0 Å². The third-order valence-electron chi connectivity index (χ3n) is 5.33. The molecule has 4 rings (SSSR count). The van der Waals surface area contributed by atoms with Crippen molar-refractivity contribution in [2.24, 2.45) is 0 Å². The highest BCUT2D eigenvalue weighted by Crippen LogP contribution is 2.34. The van der Waals surface area contributed by atoms with Gasteiger partial charge in [-0.2, -0.15) is 0 Å². The van der Waals surface area contributed by atoms with E-state index in [0.29, 0.717) is 11.3 Å². The number of benzene rings is 2. The van der Waals surface area contributed by atoms with Gasteiger partial charge >= 0.3 is 0 Å². The number of hydrogen-bond donors (Lipinski definition) is 0. The normalized spacial score (nSPS) is 15.7. The first-order valence-corrected chi connectivity index (χ1v) is 9.18. The fourth-order valence-corrected chi connectivity index (χ4v) is 3.90. The molecule has 3 aromatic rings. The average Bonchev–Trinajstić information content (AvgIpc) is 3.26. The smallest absolute Gasteiger partial charge is 0.294 e. The Morgan fingerprint density at radius 3 is 2.86 bits per heavy atom. The summed E-state index contributed by atoms with van der Waals surface area (Å²) in [7, 11) is 1.77. The number of aryl methyl sites for hydroxylation is 1. The van der Waals surface area contributed by atoms with Gasteiger partial charge in [-0.15, -0.1) is 0 Å². The van der Waals surface area contributed by atoms with E-state index >= 15 is 0 Å². The molecule has 0 bridgehead atoms. The molecule has 0 unspecified atom stereocenters. The summed E-state index contributed by atoms with van der Waals surface area (Å²) < 4.78 is 1.56. The molecule has 1 amide bonds. The molecule has 1 aromatic heterocycles. The molecule has 1 heterocycles. The van der Waals surface area contributed by atoms with Crippen molar-refractivity contribution in [1.82, 2.24) is 14.5 Å². The minimum Gasteiger partial charge on any atom is -0.335 e.